The number of benzene rings is 3. The molecule has 0 amide bonds. The van der Waals surface area contributed by atoms with Crippen molar-refractivity contribution in [2.75, 3.05) is 37.0 Å². The number of nitrogen functional groups attached to an aromatic ring is 2. The number of nitrogens with one attached hydrogen (secondary N) is 1. The van der Waals surface area contributed by atoms with Crippen molar-refractivity contribution in [2.45, 2.75) is 24.2 Å². The first-order valence-electron chi connectivity index (χ1n) is 10.8. The van der Waals surface area contributed by atoms with E-state index in [0.29, 0.717) is 29.2 Å². The minimum absolute atomic E-state index is 0.0976. The van der Waals surface area contributed by atoms with Gasteiger partial charge in [-0.3, -0.25) is 9.00 Å². The largest absolute Gasteiger partial charge is 0.768 e. The molecule has 0 aliphatic rings. The smallest absolute Gasteiger partial charge is 0.304 e. The van der Waals surface area contributed by atoms with Gasteiger partial charge in [-0.1, -0.05) is 24.3 Å². The fraction of sp³-hybridized carbons (Fsp3) is 0.240. The second kappa shape index (κ2) is 11.6. The Balaban J connectivity index is 1.80. The van der Waals surface area contributed by atoms with E-state index in [1.165, 1.54) is 13.2 Å². The zero-order chi connectivity index (χ0) is 25.5. The Bertz CT molecular complexity index is 1230. The maximum absolute atomic E-state index is 11.7. The standard InChI is InChI=1S/C25H29N3O6S/c1-15-7-8-16(18(14-24(29)30)17-11-19(26)25(27)22(13-17)33-2)12-20(15)28-9-10-34-21-5-3-4-6-23(21)35(31)32/h3-8,11-13,18,28H,9-10,14,26-27H2,1-2H3,(H,29,30)(H,31,32)/p-1. The van der Waals surface area contributed by atoms with E-state index in [4.69, 9.17) is 20.9 Å². The first-order chi connectivity index (χ1) is 16.7. The van der Waals surface area contributed by atoms with Crippen molar-refractivity contribution in [2.24, 2.45) is 0 Å². The van der Waals surface area contributed by atoms with E-state index >= 15 is 0 Å². The van der Waals surface area contributed by atoms with E-state index in [1.54, 1.807) is 30.3 Å². The average molecular weight is 499 g/mol. The van der Waals surface area contributed by atoms with Gasteiger partial charge in [0.2, 0.25) is 0 Å². The van der Waals surface area contributed by atoms with Crippen molar-refractivity contribution >= 4 is 34.1 Å². The Labute approximate surface area is 206 Å². The number of carboxylic acid groups (broad SMARTS) is 1. The zero-order valence-corrected chi connectivity index (χ0v) is 20.3. The lowest BCUT2D eigenvalue weighted by atomic mass is 9.87. The van der Waals surface area contributed by atoms with Gasteiger partial charge in [-0.05, 0) is 65.0 Å². The molecule has 0 radical (unpaired) electrons. The van der Waals surface area contributed by atoms with E-state index in [9.17, 15) is 18.7 Å². The minimum Gasteiger partial charge on any atom is -0.768 e. The monoisotopic (exact) mass is 498 g/mol. The van der Waals surface area contributed by atoms with Crippen LogP contribution < -0.4 is 26.3 Å². The van der Waals surface area contributed by atoms with E-state index < -0.39 is 23.0 Å². The molecule has 0 saturated carbocycles. The first-order valence-corrected chi connectivity index (χ1v) is 11.9. The molecule has 0 fully saturated rings. The van der Waals surface area contributed by atoms with Crippen LogP contribution in [-0.4, -0.2) is 40.1 Å². The molecule has 6 N–H and O–H groups in total. The van der Waals surface area contributed by atoms with Gasteiger partial charge < -0.3 is 35.9 Å². The Kier molecular flexibility index (Phi) is 8.56. The summed E-state index contributed by atoms with van der Waals surface area (Å²) in [6.07, 6.45) is -0.152. The Hall–Kier alpha value is -3.76. The van der Waals surface area contributed by atoms with Crippen molar-refractivity contribution in [3.8, 4) is 11.5 Å². The summed E-state index contributed by atoms with van der Waals surface area (Å²) in [5, 5.41) is 12.8. The molecule has 0 aromatic heterocycles. The lowest BCUT2D eigenvalue weighted by Gasteiger charge is -2.21. The third-order valence-corrected chi connectivity index (χ3v) is 6.26. The summed E-state index contributed by atoms with van der Waals surface area (Å²) in [7, 11) is 1.48. The van der Waals surface area contributed by atoms with Crippen LogP contribution in [0, 0.1) is 6.92 Å². The van der Waals surface area contributed by atoms with Crippen LogP contribution in [0.5, 0.6) is 11.5 Å². The molecule has 35 heavy (non-hydrogen) atoms. The van der Waals surface area contributed by atoms with Crippen molar-refractivity contribution in [1.82, 2.24) is 0 Å². The van der Waals surface area contributed by atoms with Crippen molar-refractivity contribution in [3.05, 3.63) is 71.3 Å². The van der Waals surface area contributed by atoms with Crippen LogP contribution in [0.2, 0.25) is 0 Å². The van der Waals surface area contributed by atoms with Crippen LogP contribution >= 0.6 is 0 Å². The predicted molar refractivity (Wildman–Crippen MR) is 135 cm³/mol. The number of anilines is 3. The molecule has 9 nitrogen and oxygen atoms in total. The first kappa shape index (κ1) is 25.9. The number of carboxylic acids is 1. The predicted octanol–water partition coefficient (Wildman–Crippen LogP) is 3.50. The van der Waals surface area contributed by atoms with Crippen LogP contribution in [0.25, 0.3) is 0 Å². The average Bonchev–Trinajstić information content (AvgIpc) is 2.83. The Morgan fingerprint density at radius 2 is 1.86 bits per heavy atom. The maximum atomic E-state index is 11.7. The fourth-order valence-electron chi connectivity index (χ4n) is 3.74. The van der Waals surface area contributed by atoms with Crippen LogP contribution in [0.3, 0.4) is 0 Å². The maximum Gasteiger partial charge on any atom is 0.304 e. The summed E-state index contributed by atoms with van der Waals surface area (Å²) < 4.78 is 33.6. The molecule has 0 spiro atoms. The summed E-state index contributed by atoms with van der Waals surface area (Å²) in [5.41, 5.74) is 15.8. The molecular weight excluding hydrogens is 470 g/mol. The highest BCUT2D eigenvalue weighted by atomic mass is 32.2. The lowest BCUT2D eigenvalue weighted by Crippen LogP contribution is -2.14. The second-order valence-corrected chi connectivity index (χ2v) is 8.82. The number of methoxy groups -OCH3 is 1. The molecule has 0 bridgehead atoms. The minimum atomic E-state index is -2.39. The van der Waals surface area contributed by atoms with Gasteiger partial charge in [-0.2, -0.15) is 0 Å². The number of aliphatic carboxylic acids is 1. The van der Waals surface area contributed by atoms with Crippen molar-refractivity contribution in [3.63, 3.8) is 0 Å². The third kappa shape index (κ3) is 6.43. The number of aryl methyl sites for hydroxylation is 1. The highest BCUT2D eigenvalue weighted by Crippen LogP contribution is 2.37. The molecule has 186 valence electrons. The number of nitrogens with two attached hydrogens (primary N) is 2. The molecule has 3 aromatic rings. The Morgan fingerprint density at radius 1 is 1.11 bits per heavy atom. The van der Waals surface area contributed by atoms with Crippen LogP contribution in [0.15, 0.2) is 59.5 Å². The van der Waals surface area contributed by atoms with Crippen LogP contribution in [0.1, 0.15) is 29.0 Å². The van der Waals surface area contributed by atoms with E-state index in [0.717, 1.165) is 16.8 Å². The second-order valence-electron chi connectivity index (χ2n) is 7.91. The topological polar surface area (TPSA) is 160 Å². The molecule has 2 unspecified atom stereocenters. The zero-order valence-electron chi connectivity index (χ0n) is 19.4. The summed E-state index contributed by atoms with van der Waals surface area (Å²) in [5.74, 6) is -0.773. The van der Waals surface area contributed by atoms with Gasteiger partial charge in [-0.25, -0.2) is 0 Å². The number of rotatable bonds is 11. The highest BCUT2D eigenvalue weighted by molar-refractivity contribution is 7.79. The number of carbonyl (C=O) groups is 1. The van der Waals surface area contributed by atoms with Crippen molar-refractivity contribution < 1.29 is 28.1 Å². The molecule has 0 heterocycles. The van der Waals surface area contributed by atoms with Crippen molar-refractivity contribution in [1.29, 1.82) is 0 Å². The SMILES string of the molecule is COc1cc(C(CC(=O)O)c2ccc(C)c(NCCOc3ccccc3S(=O)[O-])c2)cc(N)c1N. The van der Waals surface area contributed by atoms with Gasteiger partial charge in [0.25, 0.3) is 0 Å². The molecule has 0 saturated heterocycles. The molecule has 0 aliphatic heterocycles. The highest BCUT2D eigenvalue weighted by Gasteiger charge is 2.21. The number of para-hydroxylation sites is 1. The number of ether oxygens (including phenoxy) is 2. The normalized spacial score (nSPS) is 12.5. The van der Waals surface area contributed by atoms with Gasteiger partial charge in [0.05, 0.1) is 29.8 Å². The van der Waals surface area contributed by atoms with Crippen LogP contribution in [-0.2, 0) is 15.9 Å². The summed E-state index contributed by atoms with van der Waals surface area (Å²) >= 11 is -2.39. The Morgan fingerprint density at radius 3 is 2.54 bits per heavy atom. The van der Waals surface area contributed by atoms with Gasteiger partial charge >= 0.3 is 5.97 Å². The molecule has 2 atom stereocenters. The quantitative estimate of drug-likeness (QED) is 0.176. The van der Waals surface area contributed by atoms with Gasteiger partial charge in [-0.15, -0.1) is 0 Å². The van der Waals surface area contributed by atoms with Gasteiger partial charge in [0.15, 0.2) is 0 Å². The van der Waals surface area contributed by atoms with Gasteiger partial charge in [0, 0.05) is 18.2 Å². The molecular formula is C25H28N3O6S-. The van der Waals surface area contributed by atoms with Gasteiger partial charge in [0.1, 0.15) is 18.1 Å². The van der Waals surface area contributed by atoms with E-state index in [1.807, 2.05) is 25.1 Å². The summed E-state index contributed by atoms with van der Waals surface area (Å²) in [6.45, 7) is 2.55. The fourth-order valence-corrected chi connectivity index (χ4v) is 4.22. The van der Waals surface area contributed by atoms with Crippen LogP contribution in [0.4, 0.5) is 17.1 Å². The summed E-state index contributed by atoms with van der Waals surface area (Å²) in [4.78, 5) is 11.8. The molecule has 3 rings (SSSR count). The molecule has 3 aromatic carbocycles. The summed E-state index contributed by atoms with van der Waals surface area (Å²) in [6, 6.07) is 15.5. The van der Waals surface area contributed by atoms with E-state index in [2.05, 4.69) is 5.32 Å². The molecule has 0 aliphatic carbocycles. The number of hydrogen-bond acceptors (Lipinski definition) is 8. The van der Waals surface area contributed by atoms with E-state index in [-0.39, 0.29) is 23.7 Å². The lowest BCUT2D eigenvalue weighted by molar-refractivity contribution is -0.137. The molecule has 10 heteroatoms. The third-order valence-electron chi connectivity index (χ3n) is 5.57. The number of hydrogen-bond donors (Lipinski definition) is 4.